The van der Waals surface area contributed by atoms with E-state index in [0.717, 1.165) is 71.0 Å². The number of carboxylic acids is 1. The van der Waals surface area contributed by atoms with Crippen molar-refractivity contribution in [2.75, 3.05) is 52.5 Å². The highest BCUT2D eigenvalue weighted by molar-refractivity contribution is 5.66. The fraction of sp³-hybridized carbons (Fsp3) is 0.789. The fourth-order valence-corrected chi connectivity index (χ4v) is 4.41. The van der Waals surface area contributed by atoms with Gasteiger partial charge in [0, 0.05) is 50.5 Å². The lowest BCUT2D eigenvalue weighted by molar-refractivity contribution is -0.137. The van der Waals surface area contributed by atoms with Crippen LogP contribution in [0.15, 0.2) is 12.3 Å². The molecule has 0 aromatic carbocycles. The van der Waals surface area contributed by atoms with Gasteiger partial charge in [-0.3, -0.25) is 14.4 Å². The SMILES string of the molecule is CC(C)(CN1CCOCC1)CN1CCCC(c2ccnn2CC(=O)O)C1. The predicted molar refractivity (Wildman–Crippen MR) is 99.3 cm³/mol. The third-order valence-corrected chi connectivity index (χ3v) is 5.37. The minimum absolute atomic E-state index is 0.0542. The van der Waals surface area contributed by atoms with Crippen LogP contribution in [0.5, 0.6) is 0 Å². The van der Waals surface area contributed by atoms with Crippen LogP contribution < -0.4 is 0 Å². The quantitative estimate of drug-likeness (QED) is 0.791. The molecule has 0 aliphatic carbocycles. The normalized spacial score (nSPS) is 23.2. The van der Waals surface area contributed by atoms with E-state index in [2.05, 4.69) is 28.7 Å². The molecule has 2 saturated heterocycles. The zero-order valence-corrected chi connectivity index (χ0v) is 16.1. The van der Waals surface area contributed by atoms with Crippen molar-refractivity contribution in [2.45, 2.75) is 39.2 Å². The molecule has 2 aliphatic rings. The molecule has 0 radical (unpaired) electrons. The summed E-state index contributed by atoms with van der Waals surface area (Å²) in [6, 6.07) is 1.98. The standard InChI is InChI=1S/C19H32N4O3/c1-19(2,14-21-8-10-26-11-9-21)15-22-7-3-4-16(12-22)17-5-6-20-23(17)13-18(24)25/h5-6,16H,3-4,7-15H2,1-2H3,(H,24,25). The summed E-state index contributed by atoms with van der Waals surface area (Å²) >= 11 is 0. The van der Waals surface area contributed by atoms with Crippen LogP contribution in [0.25, 0.3) is 0 Å². The number of nitrogens with zero attached hydrogens (tertiary/aromatic N) is 4. The van der Waals surface area contributed by atoms with Crippen molar-refractivity contribution >= 4 is 5.97 Å². The fourth-order valence-electron chi connectivity index (χ4n) is 4.41. The average Bonchev–Trinajstić information content (AvgIpc) is 3.02. The summed E-state index contributed by atoms with van der Waals surface area (Å²) in [5, 5.41) is 13.3. The van der Waals surface area contributed by atoms with Gasteiger partial charge in [0.1, 0.15) is 6.54 Å². The number of carboxylic acid groups (broad SMARTS) is 1. The Hall–Kier alpha value is -1.44. The Morgan fingerprint density at radius 1 is 1.27 bits per heavy atom. The van der Waals surface area contributed by atoms with E-state index in [1.807, 2.05) is 6.07 Å². The summed E-state index contributed by atoms with van der Waals surface area (Å²) in [5.74, 6) is -0.473. The Morgan fingerprint density at radius 3 is 2.73 bits per heavy atom. The highest BCUT2D eigenvalue weighted by Crippen LogP contribution is 2.29. The first-order valence-corrected chi connectivity index (χ1v) is 9.69. The molecule has 1 N–H and O–H groups in total. The molecule has 1 aromatic rings. The zero-order valence-electron chi connectivity index (χ0n) is 16.1. The lowest BCUT2D eigenvalue weighted by Gasteiger charge is -2.41. The summed E-state index contributed by atoms with van der Waals surface area (Å²) in [6.07, 6.45) is 3.97. The predicted octanol–water partition coefficient (Wildman–Crippen LogP) is 1.51. The maximum absolute atomic E-state index is 11.1. The molecule has 0 bridgehead atoms. The zero-order chi connectivity index (χ0) is 18.6. The van der Waals surface area contributed by atoms with Gasteiger partial charge in [-0.25, -0.2) is 0 Å². The van der Waals surface area contributed by atoms with Crippen LogP contribution in [0.3, 0.4) is 0 Å². The van der Waals surface area contributed by atoms with Crippen LogP contribution >= 0.6 is 0 Å². The molecule has 7 heteroatoms. The van der Waals surface area contributed by atoms with Gasteiger partial charge in [0.05, 0.1) is 13.2 Å². The number of likely N-dealkylation sites (tertiary alicyclic amines) is 1. The summed E-state index contributed by atoms with van der Waals surface area (Å²) in [4.78, 5) is 16.1. The number of aromatic nitrogens is 2. The summed E-state index contributed by atoms with van der Waals surface area (Å²) in [7, 11) is 0. The van der Waals surface area contributed by atoms with E-state index in [1.54, 1.807) is 10.9 Å². The Balaban J connectivity index is 1.57. The second kappa shape index (κ2) is 8.50. The molecule has 0 amide bonds. The number of hydrogen-bond donors (Lipinski definition) is 1. The first kappa shape index (κ1) is 19.3. The van der Waals surface area contributed by atoms with Gasteiger partial charge >= 0.3 is 5.97 Å². The molecule has 1 atom stereocenters. The number of piperidine rings is 1. The van der Waals surface area contributed by atoms with Gasteiger partial charge < -0.3 is 14.7 Å². The van der Waals surface area contributed by atoms with Crippen LogP contribution in [-0.2, 0) is 16.1 Å². The van der Waals surface area contributed by atoms with Crippen LogP contribution in [0.1, 0.15) is 38.3 Å². The third kappa shape index (κ3) is 5.28. The minimum atomic E-state index is -0.839. The van der Waals surface area contributed by atoms with Crippen LogP contribution in [0.4, 0.5) is 0 Å². The maximum atomic E-state index is 11.1. The largest absolute Gasteiger partial charge is 0.480 e. The molecular weight excluding hydrogens is 332 g/mol. The molecule has 146 valence electrons. The Morgan fingerprint density at radius 2 is 2.00 bits per heavy atom. The lowest BCUT2D eigenvalue weighted by atomic mass is 9.88. The van der Waals surface area contributed by atoms with Crippen LogP contribution in [-0.4, -0.2) is 83.1 Å². The Kier molecular flexibility index (Phi) is 6.32. The van der Waals surface area contributed by atoms with Crippen molar-refractivity contribution in [2.24, 2.45) is 5.41 Å². The molecule has 3 rings (SSSR count). The smallest absolute Gasteiger partial charge is 0.325 e. The number of ether oxygens (including phenoxy) is 1. The lowest BCUT2D eigenvalue weighted by Crippen LogP contribution is -2.47. The molecule has 7 nitrogen and oxygen atoms in total. The van der Waals surface area contributed by atoms with Gasteiger partial charge in [-0.1, -0.05) is 13.8 Å². The van der Waals surface area contributed by atoms with Gasteiger partial charge in [-0.15, -0.1) is 0 Å². The molecule has 1 aromatic heterocycles. The first-order valence-electron chi connectivity index (χ1n) is 9.69. The second-order valence-corrected chi connectivity index (χ2v) is 8.43. The van der Waals surface area contributed by atoms with Crippen molar-refractivity contribution in [3.05, 3.63) is 18.0 Å². The molecule has 1 unspecified atom stereocenters. The highest BCUT2D eigenvalue weighted by Gasteiger charge is 2.30. The number of carbonyl (C=O) groups is 1. The Labute approximate surface area is 155 Å². The van der Waals surface area contributed by atoms with Crippen molar-refractivity contribution < 1.29 is 14.6 Å². The maximum Gasteiger partial charge on any atom is 0.325 e. The van der Waals surface area contributed by atoms with Gasteiger partial charge in [-0.2, -0.15) is 5.10 Å². The Bertz CT molecular complexity index is 595. The minimum Gasteiger partial charge on any atom is -0.480 e. The molecule has 3 heterocycles. The second-order valence-electron chi connectivity index (χ2n) is 8.43. The third-order valence-electron chi connectivity index (χ3n) is 5.37. The summed E-state index contributed by atoms with van der Waals surface area (Å²) < 4.78 is 7.10. The number of rotatable bonds is 7. The molecular formula is C19H32N4O3. The molecule has 2 aliphatic heterocycles. The van der Waals surface area contributed by atoms with E-state index in [-0.39, 0.29) is 12.0 Å². The van der Waals surface area contributed by atoms with E-state index in [1.165, 1.54) is 0 Å². The van der Waals surface area contributed by atoms with E-state index >= 15 is 0 Å². The molecule has 2 fully saturated rings. The van der Waals surface area contributed by atoms with E-state index < -0.39 is 5.97 Å². The molecule has 0 spiro atoms. The number of hydrogen-bond acceptors (Lipinski definition) is 5. The first-order chi connectivity index (χ1) is 12.4. The average molecular weight is 364 g/mol. The molecule has 0 saturated carbocycles. The number of aliphatic carboxylic acids is 1. The molecule has 26 heavy (non-hydrogen) atoms. The van der Waals surface area contributed by atoms with Gasteiger partial charge in [-0.05, 0) is 30.9 Å². The van der Waals surface area contributed by atoms with E-state index in [0.29, 0.717) is 5.92 Å². The highest BCUT2D eigenvalue weighted by atomic mass is 16.5. The van der Waals surface area contributed by atoms with E-state index in [9.17, 15) is 4.79 Å². The topological polar surface area (TPSA) is 70.8 Å². The number of morpholine rings is 1. The van der Waals surface area contributed by atoms with Crippen molar-refractivity contribution in [3.63, 3.8) is 0 Å². The van der Waals surface area contributed by atoms with Crippen LogP contribution in [0, 0.1) is 5.41 Å². The van der Waals surface area contributed by atoms with Gasteiger partial charge in [0.2, 0.25) is 0 Å². The van der Waals surface area contributed by atoms with Crippen molar-refractivity contribution in [3.8, 4) is 0 Å². The van der Waals surface area contributed by atoms with E-state index in [4.69, 9.17) is 9.84 Å². The van der Waals surface area contributed by atoms with Crippen molar-refractivity contribution in [1.29, 1.82) is 0 Å². The summed E-state index contributed by atoms with van der Waals surface area (Å²) in [6.45, 7) is 12.6. The van der Waals surface area contributed by atoms with Gasteiger partial charge in [0.25, 0.3) is 0 Å². The monoisotopic (exact) mass is 364 g/mol. The van der Waals surface area contributed by atoms with Gasteiger partial charge in [0.15, 0.2) is 0 Å². The van der Waals surface area contributed by atoms with Crippen molar-refractivity contribution in [1.82, 2.24) is 19.6 Å². The van der Waals surface area contributed by atoms with Crippen LogP contribution in [0.2, 0.25) is 0 Å². The summed E-state index contributed by atoms with van der Waals surface area (Å²) in [5.41, 5.74) is 1.28.